The van der Waals surface area contributed by atoms with Crippen molar-refractivity contribution in [2.75, 3.05) is 64.5 Å². The summed E-state index contributed by atoms with van der Waals surface area (Å²) >= 11 is 0. The number of hydrogen-bond donors (Lipinski definition) is 1. The van der Waals surface area contributed by atoms with Crippen molar-refractivity contribution < 1.29 is 42.2 Å². The highest BCUT2D eigenvalue weighted by Gasteiger charge is 2.33. The number of phenols is 1. The second-order valence-electron chi connectivity index (χ2n) is 14.3. The number of carbonyl (C=O) groups excluding carboxylic acids is 4. The SMILES string of the molecule is CC(C)CC(OC(=O)CN(C)C(=O)CN(C)C(=O)OC(C)(C)C)C(=O)N1CCN(c2nc(-c3ccccc3O)nc3cc(S(C)(=O)=O)ccc23)CC1. The van der Waals surface area contributed by atoms with E-state index in [-0.39, 0.29) is 54.3 Å². The average molecular weight is 741 g/mol. The Morgan fingerprint density at radius 3 is 2.19 bits per heavy atom. The number of rotatable bonds is 11. The molecule has 52 heavy (non-hydrogen) atoms. The second kappa shape index (κ2) is 16.1. The molecule has 1 aromatic heterocycles. The molecule has 1 aliphatic heterocycles. The van der Waals surface area contributed by atoms with Crippen LogP contribution in [0.15, 0.2) is 47.4 Å². The number of phenolic OH excluding ortho intramolecular Hbond substituents is 1. The first kappa shape index (κ1) is 39.8. The zero-order valence-electron chi connectivity index (χ0n) is 31.0. The fraction of sp³-hybridized carbons (Fsp3) is 0.500. The number of piperazine rings is 1. The van der Waals surface area contributed by atoms with Gasteiger partial charge >= 0.3 is 12.1 Å². The lowest BCUT2D eigenvalue weighted by molar-refractivity contribution is -0.163. The van der Waals surface area contributed by atoms with Crippen molar-refractivity contribution >= 4 is 50.4 Å². The lowest BCUT2D eigenvalue weighted by Crippen LogP contribution is -2.53. The summed E-state index contributed by atoms with van der Waals surface area (Å²) < 4.78 is 35.6. The standard InChI is InChI=1S/C36H48N6O9S/c1-23(2)19-29(50-31(45)22-39(6)30(44)21-40(7)35(47)51-36(3,4)5)34(46)42-17-15-41(16-18-42)33-25-14-13-24(52(8,48)49)20-27(25)37-32(38-33)26-11-9-10-12-28(26)43/h9-14,20,23,29,43H,15-19,21-22H2,1-8H3. The van der Waals surface area contributed by atoms with Crippen LogP contribution in [0.5, 0.6) is 5.75 Å². The average Bonchev–Trinajstić information content (AvgIpc) is 3.05. The Kier molecular flexibility index (Phi) is 12.3. The molecule has 3 amide bonds. The number of fused-ring (bicyclic) bond motifs is 1. The van der Waals surface area contributed by atoms with E-state index in [4.69, 9.17) is 14.5 Å². The molecule has 282 valence electrons. The normalized spacial score (nSPS) is 14.2. The van der Waals surface area contributed by atoms with Crippen molar-refractivity contribution in [3.8, 4) is 17.1 Å². The number of hydrogen-bond acceptors (Lipinski definition) is 12. The Morgan fingerprint density at radius 2 is 1.60 bits per heavy atom. The van der Waals surface area contributed by atoms with Crippen molar-refractivity contribution in [1.29, 1.82) is 0 Å². The van der Waals surface area contributed by atoms with Gasteiger partial charge in [0.15, 0.2) is 21.8 Å². The number of esters is 1. The monoisotopic (exact) mass is 740 g/mol. The van der Waals surface area contributed by atoms with Crippen LogP contribution in [0.3, 0.4) is 0 Å². The second-order valence-corrected chi connectivity index (χ2v) is 16.4. The molecule has 2 aromatic carbocycles. The largest absolute Gasteiger partial charge is 0.507 e. The van der Waals surface area contributed by atoms with Crippen molar-refractivity contribution in [3.63, 3.8) is 0 Å². The lowest BCUT2D eigenvalue weighted by Gasteiger charge is -2.37. The Hall–Kier alpha value is -4.99. The van der Waals surface area contributed by atoms with E-state index in [2.05, 4.69) is 4.98 Å². The summed E-state index contributed by atoms with van der Waals surface area (Å²) in [4.78, 5) is 67.1. The number of likely N-dealkylation sites (N-methyl/N-ethyl adjacent to an activating group) is 2. The quantitative estimate of drug-likeness (QED) is 0.284. The van der Waals surface area contributed by atoms with Crippen LogP contribution in [0.4, 0.5) is 10.6 Å². The summed E-state index contributed by atoms with van der Waals surface area (Å²) in [6, 6.07) is 11.2. The Bertz CT molecular complexity index is 1920. The van der Waals surface area contributed by atoms with Crippen LogP contribution in [0.25, 0.3) is 22.3 Å². The molecule has 15 nitrogen and oxygen atoms in total. The summed E-state index contributed by atoms with van der Waals surface area (Å²) in [7, 11) is -0.695. The summed E-state index contributed by atoms with van der Waals surface area (Å²) in [6.07, 6.45) is -0.364. The fourth-order valence-corrected chi connectivity index (χ4v) is 6.16. The van der Waals surface area contributed by atoms with E-state index >= 15 is 0 Å². The smallest absolute Gasteiger partial charge is 0.410 e. The maximum Gasteiger partial charge on any atom is 0.410 e. The summed E-state index contributed by atoms with van der Waals surface area (Å²) in [5.74, 6) is -0.909. The van der Waals surface area contributed by atoms with Crippen LogP contribution in [0, 0.1) is 5.92 Å². The molecule has 1 fully saturated rings. The molecule has 0 saturated carbocycles. The summed E-state index contributed by atoms with van der Waals surface area (Å²) in [5, 5.41) is 11.2. The first-order valence-electron chi connectivity index (χ1n) is 16.9. The number of aromatic nitrogens is 2. The van der Waals surface area contributed by atoms with Gasteiger partial charge in [-0.3, -0.25) is 14.4 Å². The highest BCUT2D eigenvalue weighted by molar-refractivity contribution is 7.90. The van der Waals surface area contributed by atoms with Gasteiger partial charge in [0.2, 0.25) is 5.91 Å². The molecule has 0 spiro atoms. The van der Waals surface area contributed by atoms with E-state index in [1.807, 2.05) is 18.7 Å². The zero-order valence-corrected chi connectivity index (χ0v) is 31.8. The van der Waals surface area contributed by atoms with Gasteiger partial charge < -0.3 is 34.2 Å². The van der Waals surface area contributed by atoms with Gasteiger partial charge in [0.25, 0.3) is 5.91 Å². The number of ether oxygens (including phenoxy) is 2. The molecule has 1 saturated heterocycles. The predicted octanol–water partition coefficient (Wildman–Crippen LogP) is 3.34. The van der Waals surface area contributed by atoms with Crippen molar-refractivity contribution in [2.45, 2.75) is 57.6 Å². The van der Waals surface area contributed by atoms with Gasteiger partial charge in [0.05, 0.1) is 16.0 Å². The van der Waals surface area contributed by atoms with Gasteiger partial charge in [-0.25, -0.2) is 23.2 Å². The van der Waals surface area contributed by atoms with Gasteiger partial charge in [-0.05, 0) is 63.4 Å². The molecule has 16 heteroatoms. The molecule has 0 aliphatic carbocycles. The summed E-state index contributed by atoms with van der Waals surface area (Å²) in [5.41, 5.74) is 0.0283. The molecular weight excluding hydrogens is 692 g/mol. The van der Waals surface area contributed by atoms with Gasteiger partial charge in [-0.15, -0.1) is 0 Å². The van der Waals surface area contributed by atoms with Crippen molar-refractivity contribution in [1.82, 2.24) is 24.7 Å². The third-order valence-electron chi connectivity index (χ3n) is 8.22. The first-order valence-corrected chi connectivity index (χ1v) is 18.8. The molecule has 0 radical (unpaired) electrons. The van der Waals surface area contributed by atoms with Crippen molar-refractivity contribution in [2.24, 2.45) is 5.92 Å². The minimum atomic E-state index is -3.53. The zero-order chi connectivity index (χ0) is 38.5. The number of para-hydroxylation sites is 1. The number of benzene rings is 2. The number of sulfone groups is 1. The minimum Gasteiger partial charge on any atom is -0.507 e. The highest BCUT2D eigenvalue weighted by Crippen LogP contribution is 2.33. The number of carbonyl (C=O) groups is 4. The number of amides is 3. The molecule has 3 aromatic rings. The molecule has 2 heterocycles. The Morgan fingerprint density at radius 1 is 0.942 bits per heavy atom. The fourth-order valence-electron chi connectivity index (χ4n) is 5.52. The molecule has 1 unspecified atom stereocenters. The van der Waals surface area contributed by atoms with E-state index < -0.39 is 46.1 Å². The molecule has 1 N–H and O–H groups in total. The third kappa shape index (κ3) is 10.3. The van der Waals surface area contributed by atoms with Gasteiger partial charge in [0, 0.05) is 51.9 Å². The van der Waals surface area contributed by atoms with E-state index in [9.17, 15) is 32.7 Å². The van der Waals surface area contributed by atoms with Crippen LogP contribution < -0.4 is 4.90 Å². The van der Waals surface area contributed by atoms with E-state index in [0.717, 1.165) is 16.1 Å². The predicted molar refractivity (Wildman–Crippen MR) is 194 cm³/mol. The van der Waals surface area contributed by atoms with E-state index in [1.165, 1.54) is 32.3 Å². The molecule has 1 aliphatic rings. The summed E-state index contributed by atoms with van der Waals surface area (Å²) in [6.45, 7) is 9.49. The van der Waals surface area contributed by atoms with Crippen LogP contribution in [0.1, 0.15) is 41.0 Å². The van der Waals surface area contributed by atoms with Crippen LogP contribution in [-0.2, 0) is 33.7 Å². The van der Waals surface area contributed by atoms with Crippen LogP contribution in [0.2, 0.25) is 0 Å². The molecule has 1 atom stereocenters. The lowest BCUT2D eigenvalue weighted by atomic mass is 10.0. The van der Waals surface area contributed by atoms with Gasteiger partial charge in [0.1, 0.15) is 30.3 Å². The topological polar surface area (TPSA) is 180 Å². The third-order valence-corrected chi connectivity index (χ3v) is 9.33. The maximum absolute atomic E-state index is 13.8. The minimum absolute atomic E-state index is 0.0157. The highest BCUT2D eigenvalue weighted by atomic mass is 32.2. The van der Waals surface area contributed by atoms with Gasteiger partial charge in [-0.2, -0.15) is 0 Å². The van der Waals surface area contributed by atoms with Crippen molar-refractivity contribution in [3.05, 3.63) is 42.5 Å². The molecule has 0 bridgehead atoms. The maximum atomic E-state index is 13.8. The Labute approximate surface area is 304 Å². The van der Waals surface area contributed by atoms with Crippen LogP contribution in [-0.4, -0.2) is 133 Å². The number of nitrogens with zero attached hydrogens (tertiary/aromatic N) is 6. The first-order chi connectivity index (χ1) is 24.2. The molecular formula is C36H48N6O9S. The molecule has 4 rings (SSSR count). The van der Waals surface area contributed by atoms with Crippen LogP contribution >= 0.6 is 0 Å². The Balaban J connectivity index is 1.46. The van der Waals surface area contributed by atoms with E-state index in [1.54, 1.807) is 49.9 Å². The number of aromatic hydroxyl groups is 1. The van der Waals surface area contributed by atoms with Gasteiger partial charge in [-0.1, -0.05) is 26.0 Å². The number of anilines is 1. The van der Waals surface area contributed by atoms with E-state index in [0.29, 0.717) is 35.4 Å².